The predicted molar refractivity (Wildman–Crippen MR) is 74.4 cm³/mol. The van der Waals surface area contributed by atoms with E-state index in [0.717, 1.165) is 0 Å². The van der Waals surface area contributed by atoms with Gasteiger partial charge in [0, 0.05) is 25.1 Å². The molecule has 104 valence electrons. The van der Waals surface area contributed by atoms with E-state index in [1.54, 1.807) is 0 Å². The van der Waals surface area contributed by atoms with E-state index in [9.17, 15) is 9.59 Å². The fraction of sp³-hybridized carbons (Fsp3) is 0.385. The molecule has 1 amide bonds. The maximum atomic E-state index is 12.0. The van der Waals surface area contributed by atoms with E-state index in [4.69, 9.17) is 11.2 Å². The number of terminal acetylenes is 1. The summed E-state index contributed by atoms with van der Waals surface area (Å²) in [7, 11) is 1.27. The number of nitrogens with zero attached hydrogens (tertiary/aromatic N) is 3. The summed E-state index contributed by atoms with van der Waals surface area (Å²) >= 11 is 1.32. The zero-order valence-electron chi connectivity index (χ0n) is 11.1. The summed E-state index contributed by atoms with van der Waals surface area (Å²) in [4.78, 5) is 33.5. The second-order valence-corrected chi connectivity index (χ2v) is 4.93. The van der Waals surface area contributed by atoms with E-state index in [2.05, 4.69) is 15.9 Å². The third kappa shape index (κ3) is 2.60. The molecule has 0 spiro atoms. The van der Waals surface area contributed by atoms with E-state index >= 15 is 0 Å². The zero-order chi connectivity index (χ0) is 14.7. The number of hydrogen-bond acceptors (Lipinski definition) is 6. The molecule has 0 aromatic carbocycles. The highest BCUT2D eigenvalue weighted by Crippen LogP contribution is 2.27. The third-order valence-electron chi connectivity index (χ3n) is 2.95. The van der Waals surface area contributed by atoms with Gasteiger partial charge in [-0.15, -0.1) is 12.3 Å². The predicted octanol–water partition coefficient (Wildman–Crippen LogP) is 0.971. The van der Waals surface area contributed by atoms with Gasteiger partial charge in [0.25, 0.3) is 0 Å². The molecule has 1 unspecified atom stereocenters. The molecule has 2 rings (SSSR count). The SMILES string of the molecule is C#CC1CC(=O)N(c2nc(SC)ncc2C(=O)OC)C1. The number of hydrogen-bond donors (Lipinski definition) is 0. The first kappa shape index (κ1) is 14.3. The lowest BCUT2D eigenvalue weighted by molar-refractivity contribution is -0.117. The topological polar surface area (TPSA) is 72.4 Å². The smallest absolute Gasteiger partial charge is 0.343 e. The van der Waals surface area contributed by atoms with Crippen LogP contribution < -0.4 is 4.90 Å². The summed E-state index contributed by atoms with van der Waals surface area (Å²) in [6.07, 6.45) is 8.80. The summed E-state index contributed by atoms with van der Waals surface area (Å²) in [5.74, 6) is 1.93. The Bertz CT molecular complexity index is 597. The highest BCUT2D eigenvalue weighted by molar-refractivity contribution is 7.98. The standard InChI is InChI=1S/C13H13N3O3S/c1-4-8-5-10(17)16(7-8)11-9(12(18)19-2)6-14-13(15-11)20-3/h1,6,8H,5,7H2,2-3H3. The zero-order valence-corrected chi connectivity index (χ0v) is 11.9. The largest absolute Gasteiger partial charge is 0.465 e. The Morgan fingerprint density at radius 2 is 2.40 bits per heavy atom. The minimum atomic E-state index is -0.579. The van der Waals surface area contributed by atoms with Crippen LogP contribution in [0.15, 0.2) is 11.4 Å². The van der Waals surface area contributed by atoms with Crippen LogP contribution >= 0.6 is 11.8 Å². The van der Waals surface area contributed by atoms with Crippen LogP contribution in [0.25, 0.3) is 0 Å². The monoisotopic (exact) mass is 291 g/mol. The van der Waals surface area contributed by atoms with Gasteiger partial charge in [-0.1, -0.05) is 11.8 Å². The number of anilines is 1. The van der Waals surface area contributed by atoms with Crippen molar-refractivity contribution < 1.29 is 14.3 Å². The second kappa shape index (κ2) is 5.92. The van der Waals surface area contributed by atoms with Crippen molar-refractivity contribution in [2.75, 3.05) is 24.8 Å². The molecule has 0 N–H and O–H groups in total. The number of rotatable bonds is 3. The van der Waals surface area contributed by atoms with Crippen molar-refractivity contribution in [2.45, 2.75) is 11.6 Å². The summed E-state index contributed by atoms with van der Waals surface area (Å²) in [6.45, 7) is 0.351. The number of carbonyl (C=O) groups is 2. The molecule has 1 aromatic heterocycles. The van der Waals surface area contributed by atoms with Crippen molar-refractivity contribution in [3.63, 3.8) is 0 Å². The van der Waals surface area contributed by atoms with Crippen LogP contribution in [0, 0.1) is 18.3 Å². The quantitative estimate of drug-likeness (QED) is 0.358. The molecule has 0 aliphatic carbocycles. The molecule has 1 atom stereocenters. The average molecular weight is 291 g/mol. The van der Waals surface area contributed by atoms with Gasteiger partial charge in [0.1, 0.15) is 5.56 Å². The lowest BCUT2D eigenvalue weighted by atomic mass is 10.1. The average Bonchev–Trinajstić information content (AvgIpc) is 2.86. The van der Waals surface area contributed by atoms with Crippen LogP contribution in [0.2, 0.25) is 0 Å². The third-order valence-corrected chi connectivity index (χ3v) is 3.51. The van der Waals surface area contributed by atoms with Gasteiger partial charge in [-0.25, -0.2) is 14.8 Å². The minimum Gasteiger partial charge on any atom is -0.465 e. The minimum absolute atomic E-state index is 0.149. The maximum Gasteiger partial charge on any atom is 0.343 e. The van der Waals surface area contributed by atoms with Crippen LogP contribution in [0.3, 0.4) is 0 Å². The van der Waals surface area contributed by atoms with Gasteiger partial charge in [-0.2, -0.15) is 0 Å². The molecule has 2 heterocycles. The molecule has 0 bridgehead atoms. The van der Waals surface area contributed by atoms with Gasteiger partial charge in [0.2, 0.25) is 5.91 Å². The molecule has 6 nitrogen and oxygen atoms in total. The Morgan fingerprint density at radius 3 is 2.95 bits per heavy atom. The first-order valence-electron chi connectivity index (χ1n) is 5.86. The normalized spacial score (nSPS) is 17.9. The molecule has 20 heavy (non-hydrogen) atoms. The van der Waals surface area contributed by atoms with E-state index in [-0.39, 0.29) is 29.6 Å². The van der Waals surface area contributed by atoms with Gasteiger partial charge in [-0.3, -0.25) is 9.69 Å². The summed E-state index contributed by atoms with van der Waals surface area (Å²) in [5, 5.41) is 0.476. The molecule has 1 aliphatic rings. The number of aromatic nitrogens is 2. The van der Waals surface area contributed by atoms with Crippen molar-refractivity contribution in [1.82, 2.24) is 9.97 Å². The summed E-state index contributed by atoms with van der Waals surface area (Å²) in [5.41, 5.74) is 0.163. The lowest BCUT2D eigenvalue weighted by Crippen LogP contribution is -2.28. The summed E-state index contributed by atoms with van der Waals surface area (Å²) < 4.78 is 4.69. The molecule has 1 saturated heterocycles. The van der Waals surface area contributed by atoms with Crippen molar-refractivity contribution >= 4 is 29.5 Å². The molecule has 1 aliphatic heterocycles. The van der Waals surface area contributed by atoms with E-state index in [1.165, 1.54) is 30.0 Å². The van der Waals surface area contributed by atoms with Crippen molar-refractivity contribution in [3.8, 4) is 12.3 Å². The number of thioether (sulfide) groups is 1. The van der Waals surface area contributed by atoms with E-state index in [1.807, 2.05) is 6.26 Å². The molecule has 0 radical (unpaired) electrons. The molecule has 7 heteroatoms. The maximum absolute atomic E-state index is 12.0. The van der Waals surface area contributed by atoms with Gasteiger partial charge in [-0.05, 0) is 6.26 Å². The molecule has 0 saturated carbocycles. The van der Waals surface area contributed by atoms with Crippen LogP contribution in [-0.4, -0.2) is 41.8 Å². The van der Waals surface area contributed by atoms with Crippen LogP contribution in [0.5, 0.6) is 0 Å². The van der Waals surface area contributed by atoms with Crippen LogP contribution in [0.4, 0.5) is 5.82 Å². The Labute approximate surface area is 120 Å². The number of methoxy groups -OCH3 is 1. The fourth-order valence-electron chi connectivity index (χ4n) is 1.94. The van der Waals surface area contributed by atoms with Gasteiger partial charge >= 0.3 is 5.97 Å². The molecular weight excluding hydrogens is 278 g/mol. The van der Waals surface area contributed by atoms with Gasteiger partial charge < -0.3 is 4.74 Å². The van der Waals surface area contributed by atoms with Crippen molar-refractivity contribution in [2.24, 2.45) is 5.92 Å². The highest BCUT2D eigenvalue weighted by Gasteiger charge is 2.33. The van der Waals surface area contributed by atoms with Crippen LogP contribution in [0.1, 0.15) is 16.8 Å². The molecule has 1 fully saturated rings. The van der Waals surface area contributed by atoms with Gasteiger partial charge in [0.05, 0.1) is 7.11 Å². The Balaban J connectivity index is 2.46. The molecule has 1 aromatic rings. The lowest BCUT2D eigenvalue weighted by Gasteiger charge is -2.17. The van der Waals surface area contributed by atoms with E-state index < -0.39 is 5.97 Å². The van der Waals surface area contributed by atoms with Crippen molar-refractivity contribution in [1.29, 1.82) is 0 Å². The second-order valence-electron chi connectivity index (χ2n) is 4.16. The van der Waals surface area contributed by atoms with Gasteiger partial charge in [0.15, 0.2) is 11.0 Å². The Kier molecular flexibility index (Phi) is 4.25. The summed E-state index contributed by atoms with van der Waals surface area (Å²) in [6, 6.07) is 0. The Morgan fingerprint density at radius 1 is 1.65 bits per heavy atom. The number of ether oxygens (including phenoxy) is 1. The van der Waals surface area contributed by atoms with Crippen molar-refractivity contribution in [3.05, 3.63) is 11.8 Å². The van der Waals surface area contributed by atoms with E-state index in [0.29, 0.717) is 11.7 Å². The fourth-order valence-corrected chi connectivity index (χ4v) is 2.28. The Hall–Kier alpha value is -2.07. The highest BCUT2D eigenvalue weighted by atomic mass is 32.2. The number of amides is 1. The number of esters is 1. The molecular formula is C13H13N3O3S. The number of carbonyl (C=O) groups excluding carboxylic acids is 2. The first-order valence-corrected chi connectivity index (χ1v) is 7.09. The van der Waals surface area contributed by atoms with Crippen LogP contribution in [-0.2, 0) is 9.53 Å². The first-order chi connectivity index (χ1) is 9.60.